The number of phenolic OH excluding ortho intramolecular Hbond substituents is 1. The molecule has 0 radical (unpaired) electrons. The van der Waals surface area contributed by atoms with E-state index in [1.165, 1.54) is 50.8 Å². The van der Waals surface area contributed by atoms with Gasteiger partial charge in [-0.1, -0.05) is 30.3 Å². The molecule has 0 heterocycles. The van der Waals surface area contributed by atoms with Crippen molar-refractivity contribution in [1.29, 1.82) is 0 Å². The summed E-state index contributed by atoms with van der Waals surface area (Å²) >= 11 is 0. The van der Waals surface area contributed by atoms with E-state index >= 15 is 0 Å². The van der Waals surface area contributed by atoms with Crippen molar-refractivity contribution < 1.29 is 27.8 Å². The maximum Gasteiger partial charge on any atom is 0.255 e. The molecule has 3 aromatic carbocycles. The molecule has 34 heavy (non-hydrogen) atoms. The Kier molecular flexibility index (Phi) is 8.23. The molecule has 0 fully saturated rings. The number of ether oxygens (including phenoxy) is 2. The largest absolute Gasteiger partial charge is 0.508 e. The number of carbonyl (C=O) groups is 1. The number of hydrogen-bond acceptors (Lipinski definition) is 7. The number of benzene rings is 3. The standard InChI is InChI=1S/C24H25N3O6S/c1-32-22-13-12-21(14-23(22)33-2)34(30,31)27(16-19-6-4-3-5-7-19)17-24(29)26-25-15-18-8-10-20(28)11-9-18/h3-15,28H,16-17H2,1-2H3,(H,26,29). The van der Waals surface area contributed by atoms with E-state index in [-0.39, 0.29) is 22.9 Å². The van der Waals surface area contributed by atoms with E-state index < -0.39 is 22.5 Å². The van der Waals surface area contributed by atoms with Gasteiger partial charge in [-0.3, -0.25) is 4.79 Å². The highest BCUT2D eigenvalue weighted by Crippen LogP contribution is 2.31. The average Bonchev–Trinajstić information content (AvgIpc) is 2.85. The summed E-state index contributed by atoms with van der Waals surface area (Å²) in [5.74, 6) is 0.136. The Balaban J connectivity index is 1.83. The third-order valence-electron chi connectivity index (χ3n) is 4.81. The molecule has 1 amide bonds. The first-order chi connectivity index (χ1) is 16.3. The molecule has 10 heteroatoms. The second-order valence-electron chi connectivity index (χ2n) is 7.16. The molecule has 0 aliphatic carbocycles. The van der Waals surface area contributed by atoms with Crippen LogP contribution in [0.1, 0.15) is 11.1 Å². The van der Waals surface area contributed by atoms with Gasteiger partial charge in [-0.25, -0.2) is 13.8 Å². The molecule has 178 valence electrons. The molecule has 2 N–H and O–H groups in total. The Morgan fingerprint density at radius 2 is 1.68 bits per heavy atom. The lowest BCUT2D eigenvalue weighted by atomic mass is 10.2. The normalized spacial score (nSPS) is 11.5. The van der Waals surface area contributed by atoms with Gasteiger partial charge in [-0.15, -0.1) is 0 Å². The fourth-order valence-electron chi connectivity index (χ4n) is 3.07. The van der Waals surface area contributed by atoms with Gasteiger partial charge in [0, 0.05) is 12.6 Å². The zero-order valence-corrected chi connectivity index (χ0v) is 19.5. The van der Waals surface area contributed by atoms with Crippen LogP contribution in [0.5, 0.6) is 17.2 Å². The highest BCUT2D eigenvalue weighted by molar-refractivity contribution is 7.89. The van der Waals surface area contributed by atoms with Crippen LogP contribution >= 0.6 is 0 Å². The van der Waals surface area contributed by atoms with Crippen LogP contribution in [0, 0.1) is 0 Å². The molecule has 0 aliphatic heterocycles. The Labute approximate surface area is 198 Å². The second-order valence-corrected chi connectivity index (χ2v) is 9.10. The zero-order valence-electron chi connectivity index (χ0n) is 18.7. The zero-order chi connectivity index (χ0) is 24.6. The number of aromatic hydroxyl groups is 1. The molecule has 9 nitrogen and oxygen atoms in total. The first kappa shape index (κ1) is 24.7. The number of hydrogen-bond donors (Lipinski definition) is 2. The van der Waals surface area contributed by atoms with Gasteiger partial charge in [0.1, 0.15) is 5.75 Å². The van der Waals surface area contributed by atoms with E-state index in [9.17, 15) is 18.3 Å². The molecular weight excluding hydrogens is 458 g/mol. The Morgan fingerprint density at radius 3 is 2.32 bits per heavy atom. The summed E-state index contributed by atoms with van der Waals surface area (Å²) in [6, 6.07) is 19.4. The van der Waals surface area contributed by atoms with Gasteiger partial charge >= 0.3 is 0 Å². The fourth-order valence-corrected chi connectivity index (χ4v) is 4.47. The molecule has 0 saturated heterocycles. The van der Waals surface area contributed by atoms with Crippen LogP contribution in [-0.4, -0.2) is 50.7 Å². The molecule has 0 aromatic heterocycles. The predicted molar refractivity (Wildman–Crippen MR) is 127 cm³/mol. The van der Waals surface area contributed by atoms with E-state index in [1.807, 2.05) is 6.07 Å². The van der Waals surface area contributed by atoms with E-state index in [0.29, 0.717) is 16.9 Å². The Bertz CT molecular complexity index is 1250. The van der Waals surface area contributed by atoms with Gasteiger partial charge in [0.2, 0.25) is 10.0 Å². The average molecular weight is 484 g/mol. The molecular formula is C24H25N3O6S. The summed E-state index contributed by atoms with van der Waals surface area (Å²) in [6.07, 6.45) is 1.39. The summed E-state index contributed by atoms with van der Waals surface area (Å²) in [6.45, 7) is -0.481. The third kappa shape index (κ3) is 6.33. The van der Waals surface area contributed by atoms with Gasteiger partial charge < -0.3 is 14.6 Å². The quantitative estimate of drug-likeness (QED) is 0.338. The molecule has 0 aliphatic rings. The monoisotopic (exact) mass is 483 g/mol. The van der Waals surface area contributed by atoms with E-state index in [2.05, 4.69) is 10.5 Å². The lowest BCUT2D eigenvalue weighted by Gasteiger charge is -2.22. The number of rotatable bonds is 10. The number of phenols is 1. The van der Waals surface area contributed by atoms with Gasteiger partial charge in [0.25, 0.3) is 5.91 Å². The van der Waals surface area contributed by atoms with Crippen molar-refractivity contribution in [3.8, 4) is 17.2 Å². The van der Waals surface area contributed by atoms with Crippen molar-refractivity contribution >= 4 is 22.1 Å². The Hall–Kier alpha value is -3.89. The van der Waals surface area contributed by atoms with Crippen molar-refractivity contribution in [3.63, 3.8) is 0 Å². The molecule has 3 aromatic rings. The Morgan fingerprint density at radius 1 is 1.00 bits per heavy atom. The van der Waals surface area contributed by atoms with Crippen LogP contribution in [0.2, 0.25) is 0 Å². The molecule has 0 bridgehead atoms. The summed E-state index contributed by atoms with van der Waals surface area (Å²) in [7, 11) is -1.21. The van der Waals surface area contributed by atoms with Gasteiger partial charge in [-0.2, -0.15) is 9.41 Å². The van der Waals surface area contributed by atoms with Crippen LogP contribution in [-0.2, 0) is 21.4 Å². The topological polar surface area (TPSA) is 118 Å². The van der Waals surface area contributed by atoms with Crippen molar-refractivity contribution in [2.45, 2.75) is 11.4 Å². The van der Waals surface area contributed by atoms with E-state index in [1.54, 1.807) is 36.4 Å². The molecule has 0 spiro atoms. The number of nitrogens with zero attached hydrogens (tertiary/aromatic N) is 2. The number of amides is 1. The smallest absolute Gasteiger partial charge is 0.255 e. The first-order valence-corrected chi connectivity index (χ1v) is 11.6. The predicted octanol–water partition coefficient (Wildman–Crippen LogP) is 2.75. The SMILES string of the molecule is COc1ccc(S(=O)(=O)N(CC(=O)NN=Cc2ccc(O)cc2)Cc2ccccc2)cc1OC. The first-order valence-electron chi connectivity index (χ1n) is 10.2. The van der Waals surface area contributed by atoms with Crippen LogP contribution in [0.25, 0.3) is 0 Å². The van der Waals surface area contributed by atoms with Gasteiger partial charge in [0.05, 0.1) is 31.9 Å². The number of carbonyl (C=O) groups excluding carboxylic acids is 1. The number of hydrazone groups is 1. The number of methoxy groups -OCH3 is 2. The van der Waals surface area contributed by atoms with Crippen LogP contribution in [0.4, 0.5) is 0 Å². The van der Waals surface area contributed by atoms with E-state index in [0.717, 1.165) is 4.31 Å². The van der Waals surface area contributed by atoms with Crippen molar-refractivity contribution in [2.24, 2.45) is 5.10 Å². The minimum Gasteiger partial charge on any atom is -0.508 e. The second kappa shape index (κ2) is 11.3. The summed E-state index contributed by atoms with van der Waals surface area (Å²) in [4.78, 5) is 12.5. The van der Waals surface area contributed by atoms with Gasteiger partial charge in [0.15, 0.2) is 11.5 Å². The van der Waals surface area contributed by atoms with Crippen LogP contribution in [0.3, 0.4) is 0 Å². The van der Waals surface area contributed by atoms with E-state index in [4.69, 9.17) is 9.47 Å². The molecule has 3 rings (SSSR count). The van der Waals surface area contributed by atoms with Gasteiger partial charge in [-0.05, 0) is 47.5 Å². The van der Waals surface area contributed by atoms with Crippen molar-refractivity contribution in [1.82, 2.24) is 9.73 Å². The third-order valence-corrected chi connectivity index (χ3v) is 6.60. The summed E-state index contributed by atoms with van der Waals surface area (Å²) in [5, 5.41) is 13.2. The van der Waals surface area contributed by atoms with Crippen molar-refractivity contribution in [2.75, 3.05) is 20.8 Å². The highest BCUT2D eigenvalue weighted by atomic mass is 32.2. The minimum absolute atomic E-state index is 0.0212. The molecule has 0 unspecified atom stereocenters. The molecule has 0 saturated carbocycles. The summed E-state index contributed by atoms with van der Waals surface area (Å²) in [5.41, 5.74) is 3.71. The van der Waals surface area contributed by atoms with Crippen LogP contribution in [0.15, 0.2) is 82.8 Å². The summed E-state index contributed by atoms with van der Waals surface area (Å²) < 4.78 is 38.4. The maximum atomic E-state index is 13.5. The number of nitrogens with one attached hydrogen (secondary N) is 1. The van der Waals surface area contributed by atoms with Crippen LogP contribution < -0.4 is 14.9 Å². The lowest BCUT2D eigenvalue weighted by Crippen LogP contribution is -2.39. The fraction of sp³-hybridized carbons (Fsp3) is 0.167. The lowest BCUT2D eigenvalue weighted by molar-refractivity contribution is -0.121. The number of sulfonamides is 1. The van der Waals surface area contributed by atoms with Crippen molar-refractivity contribution in [3.05, 3.63) is 83.9 Å². The molecule has 0 atom stereocenters. The minimum atomic E-state index is -4.08. The highest BCUT2D eigenvalue weighted by Gasteiger charge is 2.28. The maximum absolute atomic E-state index is 13.5.